The number of fused-ring (bicyclic) bond motifs is 5. The number of likely N-dealkylation sites (N-methyl/N-ethyl adjacent to an activating group) is 1. The number of aromatic nitrogens is 20. The quantitative estimate of drug-likeness (QED) is 0.0203. The smallest absolute Gasteiger partial charge is 0.356 e. The second-order valence-corrected chi connectivity index (χ2v) is 36.3. The summed E-state index contributed by atoms with van der Waals surface area (Å²) >= 11 is 30.3. The molecule has 0 aromatic carbocycles. The number of alkyl halides is 6. The summed E-state index contributed by atoms with van der Waals surface area (Å²) < 4.78 is 74.2. The average Bonchev–Trinajstić information content (AvgIpc) is 1.70. The number of anilines is 5. The molecule has 5 amide bonds. The van der Waals surface area contributed by atoms with Gasteiger partial charge in [0, 0.05) is 195 Å². The van der Waals surface area contributed by atoms with E-state index in [0.717, 1.165) is 66.7 Å². The van der Waals surface area contributed by atoms with Crippen LogP contribution in [0.4, 0.5) is 55.4 Å². The fourth-order valence-electron chi connectivity index (χ4n) is 13.1. The van der Waals surface area contributed by atoms with Crippen molar-refractivity contribution >= 4 is 172 Å². The van der Waals surface area contributed by atoms with Gasteiger partial charge in [0.2, 0.25) is 29.5 Å². The Bertz CT molecular complexity index is 6740. The Labute approximate surface area is 807 Å². The van der Waals surface area contributed by atoms with Crippen molar-refractivity contribution in [2.24, 2.45) is 0 Å². The Hall–Kier alpha value is -13.8. The minimum Gasteiger partial charge on any atom is -0.356 e. The van der Waals surface area contributed by atoms with E-state index in [9.17, 15) is 50.3 Å². The van der Waals surface area contributed by atoms with Gasteiger partial charge in [-0.2, -0.15) is 13.2 Å². The normalized spacial score (nSPS) is 11.8. The summed E-state index contributed by atoms with van der Waals surface area (Å²) in [6, 6.07) is 8.92. The summed E-state index contributed by atoms with van der Waals surface area (Å²) in [5.41, 5.74) is 5.79. The molecular formula is C91H101Cl5F6N30O5. The van der Waals surface area contributed by atoms with Gasteiger partial charge in [0.05, 0.1) is 31.7 Å². The van der Waals surface area contributed by atoms with Gasteiger partial charge in [0.15, 0.2) is 29.1 Å². The van der Waals surface area contributed by atoms with Crippen molar-refractivity contribution in [3.8, 4) is 56.9 Å². The van der Waals surface area contributed by atoms with E-state index in [-0.39, 0.29) is 24.3 Å². The summed E-state index contributed by atoms with van der Waals surface area (Å²) in [6.07, 6.45) is 18.7. The molecule has 722 valence electrons. The molecule has 0 atom stereocenters. The van der Waals surface area contributed by atoms with E-state index in [1.54, 1.807) is 134 Å². The number of aryl methyl sites for hydroxylation is 5. The lowest BCUT2D eigenvalue weighted by Gasteiger charge is -2.27. The van der Waals surface area contributed by atoms with Gasteiger partial charge in [-0.25, -0.2) is 87.9 Å². The number of nitrogens with zero attached hydrogens (tertiary/aromatic N) is 15. The lowest BCUT2D eigenvalue weighted by Crippen LogP contribution is -2.50. The van der Waals surface area contributed by atoms with Crippen LogP contribution in [0, 0.1) is 34.6 Å². The summed E-state index contributed by atoms with van der Waals surface area (Å²) in [5, 5.41) is 34.4. The lowest BCUT2D eigenvalue weighted by molar-refractivity contribution is -0.140. The zero-order valence-corrected chi connectivity index (χ0v) is 81.3. The average molecular weight is 1990 g/mol. The summed E-state index contributed by atoms with van der Waals surface area (Å²) in [5.74, 6) is 2.92. The predicted molar refractivity (Wildman–Crippen MR) is 522 cm³/mol. The molecule has 15 heterocycles. The molecule has 137 heavy (non-hydrogen) atoms. The van der Waals surface area contributed by atoms with Crippen LogP contribution in [-0.2, 0) is 24.0 Å². The van der Waals surface area contributed by atoms with Crippen molar-refractivity contribution in [3.05, 3.63) is 176 Å². The molecule has 0 unspecified atom stereocenters. The molecule has 0 saturated carbocycles. The molecule has 0 radical (unpaired) electrons. The molecule has 15 rings (SSSR count). The topological polar surface area (TPSA) is 478 Å². The van der Waals surface area contributed by atoms with E-state index in [1.165, 1.54) is 26.2 Å². The fraction of sp³-hybridized carbons (Fsp3) is 0.341. The zero-order chi connectivity index (χ0) is 100.0. The SMILES string of the molecule is CCCNC(=O)C(C)(C)Nc1nc(-c2c[nH]c3ncc(Cl)cc23)ncc1C.CCNC(=O)C(C)(C)Nc1nc(-c2c[nH]c3ncc(Cl)cc23)ncc1C.Cc1cnc(-c2c[nH]c3ncc(Cl)cc23)nc1NC(C)(C)C(=O)NCC(F)(F)F.Cc1cnc(-c2c[nH]c3ncc(Cl)cc23)nc1NC(C)(C)C(=O)NCC(F)F.Cc1cnc(-c2c[nH]c3ncc(Cl)cc23)nc1NC(C)(C)C(=O)NCCF. The Kier molecular flexibility index (Phi) is 33.3. The fourth-order valence-corrected chi connectivity index (χ4v) is 13.9. The molecule has 46 heteroatoms. The van der Waals surface area contributed by atoms with E-state index in [0.29, 0.717) is 147 Å². The van der Waals surface area contributed by atoms with Crippen LogP contribution in [0.25, 0.3) is 112 Å². The summed E-state index contributed by atoms with van der Waals surface area (Å²) in [6.45, 7) is 28.3. The van der Waals surface area contributed by atoms with Gasteiger partial charge in [0.1, 0.15) is 98.2 Å². The standard InChI is InChI=1S/C19H23ClN6O.C18H18ClF3N6O.C18H19ClF2N6O.C18H20ClFN6O.C18H21ClN6O/c1-5-6-21-18(27)19(3,4)26-15-11(2)8-22-17(25-15)14-10-24-16-13(14)7-12(20)9-23-16;1-9-5-23-15(12-7-25-14-11(12)4-10(19)6-24-14)27-13(9)28-17(2,3)16(29)26-8-18(20,21)22;1-9-5-22-16(12-7-24-15-11(12)4-10(19)6-23-15)26-14(9)27-18(2,3)17(28)25-8-13(20)21;1-10-7-22-16(13-9-24-15-12(13)6-11(19)8-23-15)25-14(10)26-18(2,3)17(27)21-5-4-20;1-5-20-17(26)18(3,4)25-14-10(2)7-21-16(24-14)13-9-23-15-12(13)6-11(19)8-22-15/h7-10H,5-6H2,1-4H3,(H,21,27)(H,23,24)(H,22,25,26);4-7H,8H2,1-3H3,(H,24,25)(H,26,29)(H,23,27,28);4-7,13H,8H2,1-3H3,(H,23,24)(H,25,28)(H,22,26,27);6-9H,4-5H2,1-3H3,(H,21,27)(H,23,24)(H,22,25,26);6-9H,5H2,1-4H3,(H,20,26)(H,22,23)(H,21,24,25). The van der Waals surface area contributed by atoms with Crippen molar-refractivity contribution < 1.29 is 50.3 Å². The van der Waals surface area contributed by atoms with Gasteiger partial charge in [-0.3, -0.25) is 24.0 Å². The highest BCUT2D eigenvalue weighted by atomic mass is 35.5. The third kappa shape index (κ3) is 26.5. The van der Waals surface area contributed by atoms with Gasteiger partial charge < -0.3 is 78.1 Å². The Morgan fingerprint density at radius 1 is 0.336 bits per heavy atom. The Morgan fingerprint density at radius 3 is 0.781 bits per heavy atom. The number of aromatic amines is 5. The maximum atomic E-state index is 12.4. The molecule has 35 nitrogen and oxygen atoms in total. The maximum Gasteiger partial charge on any atom is 0.405 e. The number of H-pyrrole nitrogens is 5. The number of rotatable bonds is 28. The van der Waals surface area contributed by atoms with E-state index >= 15 is 0 Å². The van der Waals surface area contributed by atoms with Crippen molar-refractivity contribution in [1.29, 1.82) is 0 Å². The van der Waals surface area contributed by atoms with Crippen LogP contribution in [0.2, 0.25) is 25.1 Å². The number of amides is 5. The zero-order valence-electron chi connectivity index (χ0n) is 77.5. The first-order chi connectivity index (χ1) is 64.6. The first-order valence-electron chi connectivity index (χ1n) is 42.6. The molecule has 0 spiro atoms. The number of pyridine rings is 5. The van der Waals surface area contributed by atoms with Crippen molar-refractivity contribution in [2.75, 3.05) is 66.0 Å². The molecule has 0 aliphatic heterocycles. The second kappa shape index (κ2) is 43.9. The minimum atomic E-state index is -4.49. The van der Waals surface area contributed by atoms with Crippen LogP contribution < -0.4 is 53.2 Å². The predicted octanol–water partition coefficient (Wildman–Crippen LogP) is 17.7. The third-order valence-corrected chi connectivity index (χ3v) is 21.7. The highest BCUT2D eigenvalue weighted by molar-refractivity contribution is 6.33. The number of nitrogens with one attached hydrogen (secondary N) is 15. The molecule has 0 saturated heterocycles. The first-order valence-corrected chi connectivity index (χ1v) is 44.5. The maximum absolute atomic E-state index is 12.4. The van der Waals surface area contributed by atoms with E-state index in [2.05, 4.69) is 148 Å². The Morgan fingerprint density at radius 2 is 0.562 bits per heavy atom. The molecule has 0 aliphatic carbocycles. The van der Waals surface area contributed by atoms with Gasteiger partial charge >= 0.3 is 6.18 Å². The summed E-state index contributed by atoms with van der Waals surface area (Å²) in [4.78, 5) is 143. The van der Waals surface area contributed by atoms with Crippen LogP contribution in [-0.4, -0.2) is 209 Å². The molecular weight excluding hydrogens is 1880 g/mol. The summed E-state index contributed by atoms with van der Waals surface area (Å²) in [7, 11) is 0. The van der Waals surface area contributed by atoms with E-state index < -0.39 is 71.9 Å². The lowest BCUT2D eigenvalue weighted by atomic mass is 10.0. The Balaban J connectivity index is 0.000000164. The third-order valence-electron chi connectivity index (χ3n) is 20.7. The van der Waals surface area contributed by atoms with Gasteiger partial charge in [0.25, 0.3) is 6.43 Å². The van der Waals surface area contributed by atoms with Crippen LogP contribution in [0.15, 0.2) is 123 Å². The number of hydrogen-bond acceptors (Lipinski definition) is 25. The molecule has 0 fully saturated rings. The van der Waals surface area contributed by atoms with Gasteiger partial charge in [-0.15, -0.1) is 0 Å². The largest absolute Gasteiger partial charge is 0.405 e. The second-order valence-electron chi connectivity index (χ2n) is 34.1. The monoisotopic (exact) mass is 1980 g/mol. The van der Waals surface area contributed by atoms with E-state index in [4.69, 9.17) is 58.0 Å². The molecule has 0 aliphatic rings. The number of carbonyl (C=O) groups excluding carboxylic acids is 5. The number of carbonyl (C=O) groups is 5. The molecule has 15 N–H and O–H groups in total. The van der Waals surface area contributed by atoms with Crippen LogP contribution in [0.3, 0.4) is 0 Å². The van der Waals surface area contributed by atoms with Crippen LogP contribution in [0.5, 0.6) is 0 Å². The van der Waals surface area contributed by atoms with E-state index in [1.807, 2.05) is 86.0 Å². The van der Waals surface area contributed by atoms with Crippen molar-refractivity contribution in [3.63, 3.8) is 0 Å². The van der Waals surface area contributed by atoms with Gasteiger partial charge in [-0.05, 0) is 148 Å². The number of halogens is 11. The highest BCUT2D eigenvalue weighted by Crippen LogP contribution is 2.37. The molecule has 15 aromatic rings. The minimum absolute atomic E-state index is 0.0267. The highest BCUT2D eigenvalue weighted by Gasteiger charge is 2.37. The first kappa shape index (κ1) is 104. The van der Waals surface area contributed by atoms with Gasteiger partial charge in [-0.1, -0.05) is 64.9 Å². The van der Waals surface area contributed by atoms with Crippen molar-refractivity contribution in [2.45, 2.75) is 164 Å². The van der Waals surface area contributed by atoms with Crippen LogP contribution >= 0.6 is 58.0 Å². The number of hydrogen-bond donors (Lipinski definition) is 15. The molecule has 0 bridgehead atoms. The molecule has 15 aromatic heterocycles. The van der Waals surface area contributed by atoms with Crippen molar-refractivity contribution in [1.82, 2.24) is 126 Å². The van der Waals surface area contributed by atoms with Crippen LogP contribution in [0.1, 0.15) is 117 Å².